The molecule has 1 aliphatic rings. The Labute approximate surface area is 171 Å². The molecule has 0 spiro atoms. The van der Waals surface area contributed by atoms with Gasteiger partial charge >= 0.3 is 0 Å². The number of carbonyl (C=O) groups excluding carboxylic acids is 1. The van der Waals surface area contributed by atoms with Gasteiger partial charge in [-0.05, 0) is 42.5 Å². The number of nitrogens with zero attached hydrogens (tertiary/aromatic N) is 1. The van der Waals surface area contributed by atoms with Gasteiger partial charge in [0.15, 0.2) is 0 Å². The molecule has 1 fully saturated rings. The zero-order valence-corrected chi connectivity index (χ0v) is 17.3. The molecule has 28 heavy (non-hydrogen) atoms. The molecule has 0 radical (unpaired) electrons. The van der Waals surface area contributed by atoms with Gasteiger partial charge < -0.3 is 5.32 Å². The number of carbonyl (C=O) groups is 1. The van der Waals surface area contributed by atoms with E-state index >= 15 is 0 Å². The van der Waals surface area contributed by atoms with Gasteiger partial charge in [-0.15, -0.1) is 0 Å². The Morgan fingerprint density at radius 2 is 1.86 bits per heavy atom. The van der Waals surface area contributed by atoms with E-state index in [2.05, 4.69) is 5.32 Å². The normalized spacial score (nSPS) is 18.0. The van der Waals surface area contributed by atoms with Gasteiger partial charge in [-0.2, -0.15) is 0 Å². The number of hydrogen-bond acceptors (Lipinski definition) is 3. The Kier molecular flexibility index (Phi) is 7.10. The summed E-state index contributed by atoms with van der Waals surface area (Å²) in [5, 5.41) is 3.47. The van der Waals surface area contributed by atoms with E-state index in [1.807, 2.05) is 30.3 Å². The van der Waals surface area contributed by atoms with Crippen molar-refractivity contribution in [3.8, 4) is 0 Å². The predicted molar refractivity (Wildman–Crippen MR) is 112 cm³/mol. The number of sulfonamides is 1. The van der Waals surface area contributed by atoms with Crippen LogP contribution in [0.2, 0.25) is 5.02 Å². The van der Waals surface area contributed by atoms with Crippen LogP contribution in [0.5, 0.6) is 0 Å². The molecule has 1 amide bonds. The lowest BCUT2D eigenvalue weighted by atomic mass is 9.99. The maximum Gasteiger partial charge on any atom is 0.224 e. The Morgan fingerprint density at radius 3 is 2.61 bits per heavy atom. The van der Waals surface area contributed by atoms with Crippen molar-refractivity contribution in [1.29, 1.82) is 0 Å². The van der Waals surface area contributed by atoms with Gasteiger partial charge in [0.2, 0.25) is 15.9 Å². The Hall–Kier alpha value is -1.89. The lowest BCUT2D eigenvalue weighted by Crippen LogP contribution is -2.46. The van der Waals surface area contributed by atoms with Crippen molar-refractivity contribution in [2.24, 2.45) is 5.92 Å². The summed E-state index contributed by atoms with van der Waals surface area (Å²) in [5.74, 6) is -0.479. The van der Waals surface area contributed by atoms with Crippen molar-refractivity contribution in [2.45, 2.75) is 25.0 Å². The molecular formula is C21H25ClN2O3S. The average Bonchev–Trinajstić information content (AvgIpc) is 2.68. The van der Waals surface area contributed by atoms with Gasteiger partial charge in [0.05, 0.1) is 11.7 Å². The molecule has 150 valence electrons. The number of amides is 1. The van der Waals surface area contributed by atoms with Crippen molar-refractivity contribution in [3.05, 3.63) is 70.7 Å². The van der Waals surface area contributed by atoms with Crippen molar-refractivity contribution in [3.63, 3.8) is 0 Å². The van der Waals surface area contributed by atoms with Crippen molar-refractivity contribution in [1.82, 2.24) is 9.62 Å². The number of benzene rings is 2. The van der Waals surface area contributed by atoms with Crippen LogP contribution in [-0.4, -0.2) is 38.3 Å². The van der Waals surface area contributed by atoms with Crippen LogP contribution in [0, 0.1) is 5.92 Å². The summed E-state index contributed by atoms with van der Waals surface area (Å²) in [7, 11) is -3.49. The van der Waals surface area contributed by atoms with E-state index in [9.17, 15) is 13.2 Å². The predicted octanol–water partition coefficient (Wildman–Crippen LogP) is 3.24. The van der Waals surface area contributed by atoms with Crippen LogP contribution in [-0.2, 0) is 27.0 Å². The van der Waals surface area contributed by atoms with Crippen molar-refractivity contribution in [2.75, 3.05) is 19.6 Å². The summed E-state index contributed by atoms with van der Waals surface area (Å²) in [6.07, 6.45) is 2.15. The maximum absolute atomic E-state index is 12.8. The summed E-state index contributed by atoms with van der Waals surface area (Å²) in [4.78, 5) is 12.5. The van der Waals surface area contributed by atoms with Crippen LogP contribution in [0.25, 0.3) is 0 Å². The van der Waals surface area contributed by atoms with Crippen LogP contribution in [0.15, 0.2) is 54.6 Å². The van der Waals surface area contributed by atoms with Crippen LogP contribution in [0.1, 0.15) is 24.0 Å². The molecule has 7 heteroatoms. The molecule has 1 saturated heterocycles. The van der Waals surface area contributed by atoms with E-state index in [-0.39, 0.29) is 24.1 Å². The molecule has 0 saturated carbocycles. The first-order chi connectivity index (χ1) is 13.4. The minimum absolute atomic E-state index is 0.0708. The summed E-state index contributed by atoms with van der Waals surface area (Å²) in [6, 6.07) is 16.8. The van der Waals surface area contributed by atoms with Crippen LogP contribution < -0.4 is 5.32 Å². The lowest BCUT2D eigenvalue weighted by molar-refractivity contribution is -0.126. The van der Waals surface area contributed by atoms with E-state index in [1.165, 1.54) is 4.31 Å². The molecule has 3 rings (SSSR count). The van der Waals surface area contributed by atoms with Crippen molar-refractivity contribution < 1.29 is 13.2 Å². The molecule has 1 atom stereocenters. The highest BCUT2D eigenvalue weighted by Gasteiger charge is 2.32. The first-order valence-corrected chi connectivity index (χ1v) is 11.5. The van der Waals surface area contributed by atoms with Crippen LogP contribution >= 0.6 is 11.6 Å². The van der Waals surface area contributed by atoms with Gasteiger partial charge in [0.1, 0.15) is 0 Å². The molecule has 2 aromatic carbocycles. The highest BCUT2D eigenvalue weighted by Crippen LogP contribution is 2.22. The first-order valence-electron chi connectivity index (χ1n) is 9.48. The van der Waals surface area contributed by atoms with Crippen molar-refractivity contribution >= 4 is 27.5 Å². The zero-order chi connectivity index (χ0) is 20.0. The van der Waals surface area contributed by atoms with Gasteiger partial charge in [-0.3, -0.25) is 4.79 Å². The minimum Gasteiger partial charge on any atom is -0.355 e. The number of hydrogen-bond donors (Lipinski definition) is 1. The van der Waals surface area contributed by atoms with Gasteiger partial charge in [0, 0.05) is 24.7 Å². The molecule has 2 aromatic rings. The second kappa shape index (κ2) is 9.54. The largest absolute Gasteiger partial charge is 0.355 e. The first kappa shape index (κ1) is 20.8. The summed E-state index contributed by atoms with van der Waals surface area (Å²) in [6.45, 7) is 1.24. The highest BCUT2D eigenvalue weighted by atomic mass is 35.5. The third-order valence-corrected chi connectivity index (χ3v) is 6.99. The molecule has 0 unspecified atom stereocenters. The highest BCUT2D eigenvalue weighted by molar-refractivity contribution is 7.88. The third-order valence-electron chi connectivity index (χ3n) is 4.94. The quantitative estimate of drug-likeness (QED) is 0.747. The van der Waals surface area contributed by atoms with Gasteiger partial charge in [-0.1, -0.05) is 54.1 Å². The molecule has 0 bridgehead atoms. The third kappa shape index (κ3) is 5.80. The molecule has 1 heterocycles. The second-order valence-corrected chi connectivity index (χ2v) is 9.52. The maximum atomic E-state index is 12.8. The van der Waals surface area contributed by atoms with E-state index in [1.54, 1.807) is 24.3 Å². The average molecular weight is 421 g/mol. The molecule has 1 aliphatic heterocycles. The fourth-order valence-electron chi connectivity index (χ4n) is 3.46. The molecular weight excluding hydrogens is 396 g/mol. The zero-order valence-electron chi connectivity index (χ0n) is 15.7. The molecule has 0 aliphatic carbocycles. The minimum atomic E-state index is -3.49. The topological polar surface area (TPSA) is 66.5 Å². The summed E-state index contributed by atoms with van der Waals surface area (Å²) in [5.41, 5.74) is 1.82. The Morgan fingerprint density at radius 1 is 1.11 bits per heavy atom. The molecule has 1 N–H and O–H groups in total. The smallest absolute Gasteiger partial charge is 0.224 e. The Balaban J connectivity index is 1.54. The van der Waals surface area contributed by atoms with Gasteiger partial charge in [0.25, 0.3) is 0 Å². The SMILES string of the molecule is O=C(NCCc1ccccc1)[C@H]1CCCN(S(=O)(=O)Cc2cccc(Cl)c2)C1. The second-order valence-electron chi connectivity index (χ2n) is 7.11. The Bertz CT molecular complexity index is 903. The van der Waals surface area contributed by atoms with Crippen LogP contribution in [0.3, 0.4) is 0 Å². The van der Waals surface area contributed by atoms with Crippen LogP contribution in [0.4, 0.5) is 0 Å². The number of halogens is 1. The molecule has 0 aromatic heterocycles. The number of nitrogens with one attached hydrogen (secondary N) is 1. The van der Waals surface area contributed by atoms with Gasteiger partial charge in [-0.25, -0.2) is 12.7 Å². The fraction of sp³-hybridized carbons (Fsp3) is 0.381. The van der Waals surface area contributed by atoms with E-state index in [0.29, 0.717) is 36.5 Å². The fourth-order valence-corrected chi connectivity index (χ4v) is 5.27. The van der Waals surface area contributed by atoms with E-state index < -0.39 is 10.0 Å². The standard InChI is InChI=1S/C21H25ClN2O3S/c22-20-10-4-8-18(14-20)16-28(26,27)24-13-5-9-19(15-24)21(25)23-12-11-17-6-2-1-3-7-17/h1-4,6-8,10,14,19H,5,9,11-13,15-16H2,(H,23,25)/t19-/m0/s1. The number of piperidine rings is 1. The summed E-state index contributed by atoms with van der Waals surface area (Å²) >= 11 is 5.96. The van der Waals surface area contributed by atoms with E-state index in [0.717, 1.165) is 12.0 Å². The monoisotopic (exact) mass is 420 g/mol. The lowest BCUT2D eigenvalue weighted by Gasteiger charge is -2.31. The molecule has 5 nitrogen and oxygen atoms in total. The number of rotatable bonds is 7. The summed E-state index contributed by atoms with van der Waals surface area (Å²) < 4.78 is 27.0. The van der Waals surface area contributed by atoms with E-state index in [4.69, 9.17) is 11.6 Å².